The van der Waals surface area contributed by atoms with Gasteiger partial charge in [-0.2, -0.15) is 0 Å². The van der Waals surface area contributed by atoms with E-state index in [-0.39, 0.29) is 39.7 Å². The number of benzene rings is 2. The summed E-state index contributed by atoms with van der Waals surface area (Å²) < 4.78 is 0. The minimum atomic E-state index is -0.412. The van der Waals surface area contributed by atoms with E-state index in [4.69, 9.17) is 10.2 Å². The first kappa shape index (κ1) is 20.1. The van der Waals surface area contributed by atoms with Crippen molar-refractivity contribution in [2.45, 2.75) is 0 Å². The molecule has 2 rings (SSSR count). The zero-order valence-electron chi connectivity index (χ0n) is 11.3. The second-order valence-corrected chi connectivity index (χ2v) is 3.91. The summed E-state index contributed by atoms with van der Waals surface area (Å²) in [7, 11) is 0. The van der Waals surface area contributed by atoms with E-state index in [0.29, 0.717) is 0 Å². The molecule has 0 saturated heterocycles. The van der Waals surface area contributed by atoms with Gasteiger partial charge in [0, 0.05) is 12.4 Å². The molecule has 0 atom stereocenters. The van der Waals surface area contributed by atoms with Crippen molar-refractivity contribution < 1.29 is 37.5 Å². The van der Waals surface area contributed by atoms with Crippen molar-refractivity contribution in [3.8, 4) is 23.0 Å². The molecule has 0 fully saturated rings. The molecule has 1 radical (unpaired) electrons. The standard InChI is InChI=1S/2C7H7NO3.Cu/c2*9-6-2-1-5(4-8-11)7(10)3-6;/h2*1-4,9-11H;/q;;+2/p-4/b2*8-4+;. The van der Waals surface area contributed by atoms with Crippen LogP contribution in [-0.4, -0.2) is 22.6 Å². The summed E-state index contributed by atoms with van der Waals surface area (Å²) >= 11 is 0. The second kappa shape index (κ2) is 9.93. The fourth-order valence-corrected chi connectivity index (χ4v) is 1.37. The summed E-state index contributed by atoms with van der Waals surface area (Å²) in [6.07, 6.45) is 1.81. The molecule has 8 nitrogen and oxygen atoms in total. The maximum atomic E-state index is 10.8. The average Bonchev–Trinajstić information content (AvgIpc) is 2.46. The van der Waals surface area contributed by atoms with Gasteiger partial charge in [-0.25, -0.2) is 0 Å². The molecule has 0 saturated carbocycles. The summed E-state index contributed by atoms with van der Waals surface area (Å²) in [4.78, 5) is 0. The molecular weight excluding hydrogens is 356 g/mol. The zero-order valence-corrected chi connectivity index (χ0v) is 12.3. The first-order chi connectivity index (χ1) is 10.5. The third-order valence-corrected chi connectivity index (χ3v) is 2.38. The zero-order chi connectivity index (χ0) is 16.5. The maximum Gasteiger partial charge on any atom is 2.00 e. The molecule has 2 aromatic carbocycles. The summed E-state index contributed by atoms with van der Waals surface area (Å²) in [5.74, 6) is -1.05. The van der Waals surface area contributed by atoms with E-state index in [1.807, 2.05) is 0 Å². The number of phenols is 2. The summed E-state index contributed by atoms with van der Waals surface area (Å²) in [5, 5.41) is 63.5. The number of rotatable bonds is 2. The van der Waals surface area contributed by atoms with Crippen LogP contribution in [0, 0.1) is 10.4 Å². The molecule has 125 valence electrons. The van der Waals surface area contributed by atoms with Crippen LogP contribution in [0.5, 0.6) is 23.0 Å². The Labute approximate surface area is 141 Å². The van der Waals surface area contributed by atoms with E-state index in [0.717, 1.165) is 24.6 Å². The molecule has 0 bridgehead atoms. The van der Waals surface area contributed by atoms with Gasteiger partial charge in [-0.3, -0.25) is 0 Å². The van der Waals surface area contributed by atoms with Gasteiger partial charge < -0.3 is 41.2 Å². The molecule has 0 aromatic heterocycles. The van der Waals surface area contributed by atoms with Crippen molar-refractivity contribution in [1.29, 1.82) is 0 Å². The Morgan fingerprint density at radius 1 is 0.739 bits per heavy atom. The summed E-state index contributed by atoms with van der Waals surface area (Å²) in [6, 6.07) is 7.35. The summed E-state index contributed by atoms with van der Waals surface area (Å²) in [5.41, 5.74) is 0.357. The van der Waals surface area contributed by atoms with Crippen molar-refractivity contribution in [1.82, 2.24) is 0 Å². The number of hydrogen-bond acceptors (Lipinski definition) is 8. The first-order valence-corrected chi connectivity index (χ1v) is 5.79. The van der Waals surface area contributed by atoms with Crippen molar-refractivity contribution in [2.24, 2.45) is 10.3 Å². The van der Waals surface area contributed by atoms with Gasteiger partial charge in [0.05, 0.1) is 0 Å². The van der Waals surface area contributed by atoms with Gasteiger partial charge in [-0.1, -0.05) is 23.6 Å². The number of phenolic OH excluding ortho intramolecular Hbond substituents is 2. The molecule has 0 aliphatic carbocycles. The number of hydrogen-bond donors (Lipinski definition) is 2. The van der Waals surface area contributed by atoms with Gasteiger partial charge in [-0.05, 0) is 35.4 Å². The largest absolute Gasteiger partial charge is 2.00 e. The number of aromatic hydroxyl groups is 2. The quantitative estimate of drug-likeness (QED) is 0.454. The molecule has 0 aliphatic heterocycles. The van der Waals surface area contributed by atoms with Crippen molar-refractivity contribution >= 4 is 12.4 Å². The van der Waals surface area contributed by atoms with Gasteiger partial charge in [0.2, 0.25) is 0 Å². The van der Waals surface area contributed by atoms with Crippen molar-refractivity contribution in [3.63, 3.8) is 0 Å². The van der Waals surface area contributed by atoms with E-state index >= 15 is 0 Å². The van der Waals surface area contributed by atoms with Crippen LogP contribution in [0.1, 0.15) is 11.1 Å². The first-order valence-electron chi connectivity index (χ1n) is 5.79. The predicted molar refractivity (Wildman–Crippen MR) is 77.0 cm³/mol. The molecule has 0 heterocycles. The van der Waals surface area contributed by atoms with Crippen molar-refractivity contribution in [2.75, 3.05) is 0 Å². The second-order valence-electron chi connectivity index (χ2n) is 3.91. The van der Waals surface area contributed by atoms with Gasteiger partial charge in [-0.15, -0.1) is 0 Å². The van der Waals surface area contributed by atoms with Crippen molar-refractivity contribution in [3.05, 3.63) is 57.9 Å². The molecule has 9 heteroatoms. The Bertz CT molecular complexity index is 631. The van der Waals surface area contributed by atoms with Crippen LogP contribution in [0.25, 0.3) is 0 Å². The monoisotopic (exact) mass is 365 g/mol. The predicted octanol–water partition coefficient (Wildman–Crippen LogP) is 0.762. The van der Waals surface area contributed by atoms with Crippen LogP contribution in [0.2, 0.25) is 0 Å². The molecule has 0 aliphatic rings. The normalized spacial score (nSPS) is 10.1. The third kappa shape index (κ3) is 6.60. The van der Waals surface area contributed by atoms with Gasteiger partial charge in [0.1, 0.15) is 11.5 Å². The minimum Gasteiger partial charge on any atom is -0.872 e. The van der Waals surface area contributed by atoms with Gasteiger partial charge >= 0.3 is 17.1 Å². The van der Waals surface area contributed by atoms with E-state index in [9.17, 15) is 20.6 Å². The van der Waals surface area contributed by atoms with Gasteiger partial charge in [0.15, 0.2) is 0 Å². The molecule has 0 unspecified atom stereocenters. The molecular formula is C14H10CuN2O6-2. The minimum absolute atomic E-state index is 0. The Balaban J connectivity index is 0.000000403. The van der Waals surface area contributed by atoms with Gasteiger partial charge in [0.25, 0.3) is 0 Å². The van der Waals surface area contributed by atoms with E-state index in [1.165, 1.54) is 24.3 Å². The Morgan fingerprint density at radius 2 is 1.09 bits per heavy atom. The van der Waals surface area contributed by atoms with Crippen LogP contribution in [-0.2, 0) is 17.1 Å². The van der Waals surface area contributed by atoms with E-state index in [2.05, 4.69) is 10.3 Å². The van der Waals surface area contributed by atoms with Crippen LogP contribution in [0.15, 0.2) is 46.7 Å². The molecule has 0 amide bonds. The fraction of sp³-hybridized carbons (Fsp3) is 0. The fourth-order valence-electron chi connectivity index (χ4n) is 1.37. The Hall–Kier alpha value is -2.90. The van der Waals surface area contributed by atoms with Crippen LogP contribution in [0.3, 0.4) is 0 Å². The van der Waals surface area contributed by atoms with E-state index in [1.54, 1.807) is 0 Å². The number of nitrogens with zero attached hydrogens (tertiary/aromatic N) is 2. The molecule has 0 spiro atoms. The topological polar surface area (TPSA) is 157 Å². The van der Waals surface area contributed by atoms with E-state index < -0.39 is 11.5 Å². The third-order valence-electron chi connectivity index (χ3n) is 2.38. The summed E-state index contributed by atoms with van der Waals surface area (Å²) in [6.45, 7) is 0. The van der Waals surface area contributed by atoms with Crippen LogP contribution >= 0.6 is 0 Å². The average molecular weight is 366 g/mol. The Kier molecular flexibility index (Phi) is 8.68. The van der Waals surface area contributed by atoms with Crippen LogP contribution in [0.4, 0.5) is 0 Å². The molecule has 2 N–H and O–H groups in total. The molecule has 2 aromatic rings. The SMILES string of the molecule is [Cu+2].[O-]/N=C/c1ccc(O)cc1[O-].[O-]/N=C/c1ccc(O)cc1[O-]. The smallest absolute Gasteiger partial charge is 0.872 e. The molecule has 23 heavy (non-hydrogen) atoms. The Morgan fingerprint density at radius 3 is 1.35 bits per heavy atom. The van der Waals surface area contributed by atoms with Crippen LogP contribution < -0.4 is 10.2 Å². The maximum absolute atomic E-state index is 10.8.